The molecule has 0 atom stereocenters. The lowest BCUT2D eigenvalue weighted by Gasteiger charge is -2.26. The van der Waals surface area contributed by atoms with Gasteiger partial charge in [0.15, 0.2) is 12.2 Å². The Labute approximate surface area is 219 Å². The Morgan fingerprint density at radius 3 is 2.81 bits per heavy atom. The second-order valence-corrected chi connectivity index (χ2v) is 9.81. The number of hydrogen-bond acceptors (Lipinski definition) is 6. The molecule has 0 saturated carbocycles. The van der Waals surface area contributed by atoms with Crippen LogP contribution in [0.1, 0.15) is 11.1 Å². The summed E-state index contributed by atoms with van der Waals surface area (Å²) in [4.78, 5) is 18.0. The van der Waals surface area contributed by atoms with Crippen molar-refractivity contribution in [3.05, 3.63) is 111 Å². The van der Waals surface area contributed by atoms with E-state index in [2.05, 4.69) is 41.1 Å². The summed E-state index contributed by atoms with van der Waals surface area (Å²) < 4.78 is 10.9. The molecule has 0 unspecified atom stereocenters. The second kappa shape index (κ2) is 8.56. The van der Waals surface area contributed by atoms with Gasteiger partial charge in [-0.05, 0) is 48.0 Å². The molecule has 9 heteroatoms. The molecule has 0 aliphatic carbocycles. The average molecular weight is 551 g/mol. The van der Waals surface area contributed by atoms with Crippen molar-refractivity contribution >= 4 is 49.2 Å². The Morgan fingerprint density at radius 1 is 1.00 bits per heavy atom. The van der Waals surface area contributed by atoms with E-state index in [4.69, 9.17) is 4.74 Å². The predicted molar refractivity (Wildman–Crippen MR) is 146 cm³/mol. The van der Waals surface area contributed by atoms with Crippen molar-refractivity contribution in [2.45, 2.75) is 13.2 Å². The number of hydrogen-bond donors (Lipinski definition) is 1. The number of halogens is 1. The fourth-order valence-corrected chi connectivity index (χ4v) is 5.18. The number of nitrogens with one attached hydrogen (secondary N) is 1. The molecular formula is C28H19BrN6O2. The summed E-state index contributed by atoms with van der Waals surface area (Å²) >= 11 is 3.57. The minimum atomic E-state index is -0.0321. The maximum atomic E-state index is 13.8. The third-order valence-electron chi connectivity index (χ3n) is 6.52. The molecule has 0 bridgehead atoms. The van der Waals surface area contributed by atoms with Crippen molar-refractivity contribution in [3.63, 3.8) is 0 Å². The minimum absolute atomic E-state index is 0.0321. The van der Waals surface area contributed by atoms with E-state index in [1.54, 1.807) is 17.1 Å². The van der Waals surface area contributed by atoms with Gasteiger partial charge >= 0.3 is 0 Å². The molecule has 8 nitrogen and oxygen atoms in total. The van der Waals surface area contributed by atoms with E-state index < -0.39 is 0 Å². The van der Waals surface area contributed by atoms with Gasteiger partial charge in [0.2, 0.25) is 0 Å². The number of rotatable bonds is 5. The molecule has 3 aromatic heterocycles. The van der Waals surface area contributed by atoms with Crippen LogP contribution in [0, 0.1) is 0 Å². The molecule has 0 amide bonds. The van der Waals surface area contributed by atoms with Crippen molar-refractivity contribution in [1.29, 1.82) is 0 Å². The van der Waals surface area contributed by atoms with E-state index in [1.165, 1.54) is 0 Å². The van der Waals surface area contributed by atoms with Crippen LogP contribution < -0.4 is 15.5 Å². The van der Waals surface area contributed by atoms with Crippen LogP contribution >= 0.6 is 15.9 Å². The van der Waals surface area contributed by atoms with E-state index in [-0.39, 0.29) is 12.2 Å². The summed E-state index contributed by atoms with van der Waals surface area (Å²) in [6.45, 7) is 0.164. The summed E-state index contributed by atoms with van der Waals surface area (Å²) in [7, 11) is 0. The molecular weight excluding hydrogens is 532 g/mol. The third kappa shape index (κ3) is 3.75. The van der Waals surface area contributed by atoms with E-state index in [0.29, 0.717) is 23.1 Å². The molecule has 180 valence electrons. The molecule has 37 heavy (non-hydrogen) atoms. The van der Waals surface area contributed by atoms with Crippen molar-refractivity contribution in [1.82, 2.24) is 24.5 Å². The van der Waals surface area contributed by atoms with E-state index in [1.807, 2.05) is 72.9 Å². The first-order valence-electron chi connectivity index (χ1n) is 11.7. The summed E-state index contributed by atoms with van der Waals surface area (Å²) in [5.41, 5.74) is 6.81. The number of nitrogens with zero attached hydrogens (tertiary/aromatic N) is 5. The molecule has 4 heterocycles. The number of pyridine rings is 2. The minimum Gasteiger partial charge on any atom is -0.471 e. The van der Waals surface area contributed by atoms with Gasteiger partial charge in [-0.1, -0.05) is 39.3 Å². The van der Waals surface area contributed by atoms with Gasteiger partial charge in [-0.15, -0.1) is 5.10 Å². The van der Waals surface area contributed by atoms with Crippen molar-refractivity contribution in [2.24, 2.45) is 0 Å². The van der Waals surface area contributed by atoms with Crippen LogP contribution in [0.4, 0.5) is 11.4 Å². The van der Waals surface area contributed by atoms with Gasteiger partial charge in [0.05, 0.1) is 33.5 Å². The van der Waals surface area contributed by atoms with Crippen LogP contribution in [0.25, 0.3) is 27.6 Å². The first-order chi connectivity index (χ1) is 18.1. The molecule has 1 aliphatic rings. The molecule has 1 N–H and O–H groups in total. The van der Waals surface area contributed by atoms with Gasteiger partial charge < -0.3 is 14.6 Å². The zero-order valence-corrected chi connectivity index (χ0v) is 21.0. The zero-order chi connectivity index (χ0) is 24.9. The highest BCUT2D eigenvalue weighted by Gasteiger charge is 2.22. The van der Waals surface area contributed by atoms with Gasteiger partial charge in [-0.25, -0.2) is 4.68 Å². The highest BCUT2D eigenvalue weighted by Crippen LogP contribution is 2.40. The number of anilines is 2. The summed E-state index contributed by atoms with van der Waals surface area (Å²) in [6, 6.07) is 21.4. The van der Waals surface area contributed by atoms with Crippen molar-refractivity contribution < 1.29 is 4.74 Å². The number of aromatic nitrogens is 5. The van der Waals surface area contributed by atoms with Crippen molar-refractivity contribution in [3.8, 4) is 11.4 Å². The summed E-state index contributed by atoms with van der Waals surface area (Å²) in [5.74, 6) is 0.565. The van der Waals surface area contributed by atoms with Gasteiger partial charge in [0.25, 0.3) is 0 Å². The normalized spacial score (nSPS) is 11.9. The van der Waals surface area contributed by atoms with E-state index >= 15 is 0 Å². The second-order valence-electron chi connectivity index (χ2n) is 8.90. The van der Waals surface area contributed by atoms with Gasteiger partial charge in [-0.2, -0.15) is 0 Å². The highest BCUT2D eigenvalue weighted by molar-refractivity contribution is 9.10. The van der Waals surface area contributed by atoms with Gasteiger partial charge in [0.1, 0.15) is 11.3 Å². The molecule has 1 aliphatic heterocycles. The third-order valence-corrected chi connectivity index (χ3v) is 7.02. The topological polar surface area (TPSA) is 86.9 Å². The van der Waals surface area contributed by atoms with Crippen LogP contribution in [-0.2, 0) is 13.2 Å². The maximum Gasteiger partial charge on any atom is 0.193 e. The first-order valence-corrected chi connectivity index (χ1v) is 12.5. The lowest BCUT2D eigenvalue weighted by atomic mass is 10.0. The molecule has 0 spiro atoms. The Kier molecular flexibility index (Phi) is 5.03. The predicted octanol–water partition coefficient (Wildman–Crippen LogP) is 5.58. The molecule has 0 saturated heterocycles. The number of ether oxygens (including phenoxy) is 1. The fraction of sp³-hybridized carbons (Fsp3) is 0.0714. The Balaban J connectivity index is 1.37. The zero-order valence-electron chi connectivity index (χ0n) is 19.4. The maximum absolute atomic E-state index is 13.8. The summed E-state index contributed by atoms with van der Waals surface area (Å²) in [5, 5.41) is 12.5. The average Bonchev–Trinajstić information content (AvgIpc) is 3.33. The van der Waals surface area contributed by atoms with Crippen molar-refractivity contribution in [2.75, 3.05) is 5.32 Å². The van der Waals surface area contributed by atoms with Crippen LogP contribution in [0.5, 0.6) is 5.75 Å². The van der Waals surface area contributed by atoms with E-state index in [0.717, 1.165) is 43.6 Å². The standard InChI is InChI=1S/C28H19BrN6O2/c29-19-7-8-25-23(11-19)31-24-13-20(37-16-35-26-6-2-1-5-22(26)32-33-35)12-21-27(24)34(25)15-18(28(21)36)10-17-4-3-9-30-14-17/h1-9,11-15,31H,10,16H2. The molecule has 3 aromatic carbocycles. The van der Waals surface area contributed by atoms with Crippen LogP contribution in [0.15, 0.2) is 94.6 Å². The number of para-hydroxylation sites is 1. The Hall–Kier alpha value is -4.50. The highest BCUT2D eigenvalue weighted by atomic mass is 79.9. The smallest absolute Gasteiger partial charge is 0.193 e. The molecule has 6 aromatic rings. The van der Waals surface area contributed by atoms with Crippen LogP contribution in [0.3, 0.4) is 0 Å². The quantitative estimate of drug-likeness (QED) is 0.301. The number of fused-ring (bicyclic) bond motifs is 3. The van der Waals surface area contributed by atoms with Crippen LogP contribution in [0.2, 0.25) is 0 Å². The Bertz CT molecular complexity index is 1880. The lowest BCUT2D eigenvalue weighted by Crippen LogP contribution is -2.19. The SMILES string of the molecule is O=c1c(Cc2cccnc2)cn2c3c(cc(OCn4nnc5ccccc54)cc13)Nc1cc(Br)ccc1-2. The first kappa shape index (κ1) is 21.8. The Morgan fingerprint density at radius 2 is 1.92 bits per heavy atom. The molecule has 7 rings (SSSR count). The van der Waals surface area contributed by atoms with Crippen LogP contribution in [-0.4, -0.2) is 24.5 Å². The van der Waals surface area contributed by atoms with Gasteiger partial charge in [-0.3, -0.25) is 9.78 Å². The summed E-state index contributed by atoms with van der Waals surface area (Å²) in [6.07, 6.45) is 5.94. The fourth-order valence-electron chi connectivity index (χ4n) is 4.82. The monoisotopic (exact) mass is 550 g/mol. The van der Waals surface area contributed by atoms with Gasteiger partial charge in [0, 0.05) is 41.1 Å². The largest absolute Gasteiger partial charge is 0.471 e. The lowest BCUT2D eigenvalue weighted by molar-refractivity contribution is 0.223. The molecule has 0 radical (unpaired) electrons. The molecule has 0 fully saturated rings. The number of benzene rings is 3. The van der Waals surface area contributed by atoms with E-state index in [9.17, 15) is 4.79 Å².